The molecular formula is C24H25N3O5S. The van der Waals surface area contributed by atoms with Crippen LogP contribution in [0.2, 0.25) is 0 Å². The summed E-state index contributed by atoms with van der Waals surface area (Å²) in [5.41, 5.74) is 1.38. The maximum absolute atomic E-state index is 13.2. The van der Waals surface area contributed by atoms with Crippen LogP contribution < -0.4 is 4.74 Å². The monoisotopic (exact) mass is 467 g/mol. The van der Waals surface area contributed by atoms with Gasteiger partial charge >= 0.3 is 0 Å². The molecule has 2 saturated heterocycles. The summed E-state index contributed by atoms with van der Waals surface area (Å²) in [4.78, 5) is 39.7. The summed E-state index contributed by atoms with van der Waals surface area (Å²) in [5.74, 6) is 1.51. The van der Waals surface area contributed by atoms with E-state index < -0.39 is 4.92 Å². The molecule has 0 unspecified atom stereocenters. The highest BCUT2D eigenvalue weighted by atomic mass is 32.2. The Balaban J connectivity index is 1.37. The fourth-order valence-corrected chi connectivity index (χ4v) is 5.71. The summed E-state index contributed by atoms with van der Waals surface area (Å²) in [6.45, 7) is 1.84. The van der Waals surface area contributed by atoms with Gasteiger partial charge in [0.1, 0.15) is 5.75 Å². The van der Waals surface area contributed by atoms with Crippen LogP contribution in [0, 0.1) is 10.1 Å². The molecule has 4 rings (SSSR count). The molecule has 0 aliphatic carbocycles. The fourth-order valence-electron chi connectivity index (χ4n) is 4.26. The Bertz CT molecular complexity index is 1060. The molecule has 0 radical (unpaired) electrons. The van der Waals surface area contributed by atoms with Gasteiger partial charge in [-0.25, -0.2) is 0 Å². The molecule has 0 N–H and O–H groups in total. The third kappa shape index (κ3) is 4.88. The molecule has 1 spiro atoms. The zero-order valence-corrected chi connectivity index (χ0v) is 19.1. The van der Waals surface area contributed by atoms with E-state index in [-0.39, 0.29) is 22.4 Å². The lowest BCUT2D eigenvalue weighted by Gasteiger charge is -2.44. The number of nitro benzene ring substituents is 1. The molecule has 33 heavy (non-hydrogen) atoms. The van der Waals surface area contributed by atoms with Crippen molar-refractivity contribution in [2.24, 2.45) is 0 Å². The van der Waals surface area contributed by atoms with Crippen LogP contribution in [0.15, 0.2) is 54.6 Å². The van der Waals surface area contributed by atoms with Gasteiger partial charge in [0.25, 0.3) is 11.6 Å². The van der Waals surface area contributed by atoms with Crippen molar-refractivity contribution in [3.63, 3.8) is 0 Å². The van der Waals surface area contributed by atoms with E-state index in [2.05, 4.69) is 0 Å². The van der Waals surface area contributed by atoms with Crippen LogP contribution in [0.4, 0.5) is 5.69 Å². The molecule has 9 heteroatoms. The molecule has 172 valence electrons. The third-order valence-corrected chi connectivity index (χ3v) is 7.69. The second-order valence-electron chi connectivity index (χ2n) is 7.99. The predicted octanol–water partition coefficient (Wildman–Crippen LogP) is 3.82. The summed E-state index contributed by atoms with van der Waals surface area (Å²) in [6, 6.07) is 13.2. The zero-order chi connectivity index (χ0) is 23.4. The van der Waals surface area contributed by atoms with E-state index >= 15 is 0 Å². The summed E-state index contributed by atoms with van der Waals surface area (Å²) in [5, 5.41) is 10.8. The number of methoxy groups -OCH3 is 1. The van der Waals surface area contributed by atoms with Crippen molar-refractivity contribution >= 4 is 35.3 Å². The van der Waals surface area contributed by atoms with Gasteiger partial charge in [-0.15, -0.1) is 11.8 Å². The number of non-ortho nitro benzene ring substituents is 1. The number of nitro groups is 1. The van der Waals surface area contributed by atoms with Crippen LogP contribution in [-0.2, 0) is 4.79 Å². The van der Waals surface area contributed by atoms with Crippen LogP contribution in [0.1, 0.15) is 28.8 Å². The number of hydrogen-bond donors (Lipinski definition) is 0. The molecule has 2 aromatic carbocycles. The van der Waals surface area contributed by atoms with Crippen molar-refractivity contribution in [3.8, 4) is 5.75 Å². The van der Waals surface area contributed by atoms with Gasteiger partial charge in [0.2, 0.25) is 5.91 Å². The van der Waals surface area contributed by atoms with E-state index in [4.69, 9.17) is 4.74 Å². The average Bonchev–Trinajstić information content (AvgIpc) is 3.25. The maximum atomic E-state index is 13.2. The van der Waals surface area contributed by atoms with E-state index in [9.17, 15) is 19.7 Å². The smallest absolute Gasteiger partial charge is 0.269 e. The number of benzene rings is 2. The number of rotatable bonds is 5. The summed E-state index contributed by atoms with van der Waals surface area (Å²) >= 11 is 1.80. The number of likely N-dealkylation sites (tertiary alicyclic amines) is 1. The largest absolute Gasteiger partial charge is 0.497 e. The maximum Gasteiger partial charge on any atom is 0.269 e. The Morgan fingerprint density at radius 3 is 2.33 bits per heavy atom. The van der Waals surface area contributed by atoms with Crippen LogP contribution in [-0.4, -0.2) is 63.9 Å². The highest BCUT2D eigenvalue weighted by Crippen LogP contribution is 2.44. The molecule has 2 heterocycles. The minimum Gasteiger partial charge on any atom is -0.497 e. The lowest BCUT2D eigenvalue weighted by atomic mass is 10.0. The van der Waals surface area contributed by atoms with Gasteiger partial charge in [-0.05, 0) is 60.9 Å². The minimum atomic E-state index is -0.452. The molecule has 0 atom stereocenters. The summed E-state index contributed by atoms with van der Waals surface area (Å²) < 4.78 is 5.18. The number of hydrogen-bond acceptors (Lipinski definition) is 6. The Morgan fingerprint density at radius 2 is 1.73 bits per heavy atom. The summed E-state index contributed by atoms with van der Waals surface area (Å²) in [7, 11) is 1.60. The lowest BCUT2D eigenvalue weighted by Crippen LogP contribution is -2.53. The molecule has 8 nitrogen and oxygen atoms in total. The van der Waals surface area contributed by atoms with Crippen molar-refractivity contribution in [1.29, 1.82) is 0 Å². The quantitative estimate of drug-likeness (QED) is 0.377. The number of amides is 2. The lowest BCUT2D eigenvalue weighted by molar-refractivity contribution is -0.384. The molecule has 2 fully saturated rings. The van der Waals surface area contributed by atoms with E-state index in [1.165, 1.54) is 18.2 Å². The molecule has 0 aromatic heterocycles. The Morgan fingerprint density at radius 1 is 1.06 bits per heavy atom. The molecule has 2 aliphatic rings. The fraction of sp³-hybridized carbons (Fsp3) is 0.333. The first-order valence-electron chi connectivity index (χ1n) is 10.7. The molecule has 2 aliphatic heterocycles. The first-order chi connectivity index (χ1) is 15.9. The second kappa shape index (κ2) is 9.66. The number of piperidine rings is 1. The van der Waals surface area contributed by atoms with Crippen molar-refractivity contribution in [1.82, 2.24) is 9.80 Å². The standard InChI is InChI=1S/C24H25N3O5S/c1-32-21-9-5-19(6-10-21)23(29)26-16-17-33-24(26)12-14-25(15-13-24)22(28)11-4-18-2-7-20(8-3-18)27(30)31/h2-11H,12-17H2,1H3. The van der Waals surface area contributed by atoms with Gasteiger partial charge in [0.05, 0.1) is 16.9 Å². The molecule has 0 saturated carbocycles. The SMILES string of the molecule is COc1ccc(C(=O)N2CCSC23CCN(C(=O)C=Cc2ccc([N+](=O)[O-])cc2)CC3)cc1. The Hall–Kier alpha value is -3.33. The van der Waals surface area contributed by atoms with Crippen LogP contribution >= 0.6 is 11.8 Å². The van der Waals surface area contributed by atoms with Crippen LogP contribution in [0.25, 0.3) is 6.08 Å². The number of nitrogens with zero attached hydrogens (tertiary/aromatic N) is 3. The molecule has 2 amide bonds. The number of carbonyl (C=O) groups excluding carboxylic acids is 2. The number of ether oxygens (including phenoxy) is 1. The normalized spacial score (nSPS) is 17.5. The van der Waals surface area contributed by atoms with Gasteiger partial charge in [-0.3, -0.25) is 19.7 Å². The minimum absolute atomic E-state index is 0.0143. The van der Waals surface area contributed by atoms with Crippen LogP contribution in [0.5, 0.6) is 5.75 Å². The van der Waals surface area contributed by atoms with E-state index in [1.54, 1.807) is 66.2 Å². The highest BCUT2D eigenvalue weighted by Gasteiger charge is 2.46. The first kappa shape index (κ1) is 22.8. The van der Waals surface area contributed by atoms with Gasteiger partial charge < -0.3 is 14.5 Å². The van der Waals surface area contributed by atoms with E-state index in [0.717, 1.165) is 24.2 Å². The van der Waals surface area contributed by atoms with Crippen molar-refractivity contribution < 1.29 is 19.2 Å². The third-order valence-electron chi connectivity index (χ3n) is 6.14. The average molecular weight is 468 g/mol. The molecule has 0 bridgehead atoms. The summed E-state index contributed by atoms with van der Waals surface area (Å²) in [6.07, 6.45) is 4.61. The van der Waals surface area contributed by atoms with Gasteiger partial charge in [-0.1, -0.05) is 0 Å². The highest BCUT2D eigenvalue weighted by molar-refractivity contribution is 8.00. The topological polar surface area (TPSA) is 93.0 Å². The van der Waals surface area contributed by atoms with Crippen molar-refractivity contribution in [3.05, 3.63) is 75.8 Å². The van der Waals surface area contributed by atoms with Gasteiger partial charge in [-0.2, -0.15) is 0 Å². The van der Waals surface area contributed by atoms with Crippen molar-refractivity contribution in [2.45, 2.75) is 17.7 Å². The second-order valence-corrected chi connectivity index (χ2v) is 9.44. The Kier molecular flexibility index (Phi) is 6.69. The number of thioether (sulfide) groups is 1. The number of carbonyl (C=O) groups is 2. The molecule has 2 aromatic rings. The molecular weight excluding hydrogens is 442 g/mol. The van der Waals surface area contributed by atoms with E-state index in [1.807, 2.05) is 4.90 Å². The van der Waals surface area contributed by atoms with Crippen LogP contribution in [0.3, 0.4) is 0 Å². The predicted molar refractivity (Wildman–Crippen MR) is 127 cm³/mol. The van der Waals surface area contributed by atoms with E-state index in [0.29, 0.717) is 30.9 Å². The Labute approximate surface area is 196 Å². The van der Waals surface area contributed by atoms with Gasteiger partial charge in [0, 0.05) is 49.2 Å². The van der Waals surface area contributed by atoms with Gasteiger partial charge in [0.15, 0.2) is 0 Å². The zero-order valence-electron chi connectivity index (χ0n) is 18.3. The van der Waals surface area contributed by atoms with Crippen molar-refractivity contribution in [2.75, 3.05) is 32.5 Å². The first-order valence-corrected chi connectivity index (χ1v) is 11.7.